The molecule has 0 unspecified atom stereocenters. The summed E-state index contributed by atoms with van der Waals surface area (Å²) in [5.74, 6) is -5.19. The molecule has 1 fully saturated rings. The lowest BCUT2D eigenvalue weighted by Gasteiger charge is -2.49. The summed E-state index contributed by atoms with van der Waals surface area (Å²) in [6.45, 7) is 0. The van der Waals surface area contributed by atoms with Gasteiger partial charge in [-0.25, -0.2) is 4.79 Å². The Morgan fingerprint density at radius 1 is 1.17 bits per heavy atom. The Kier molecular flexibility index (Phi) is 6.27. The topological polar surface area (TPSA) is 179 Å². The number of nitrogens with one attached hydrogen (secondary N) is 1. The molecule has 0 radical (unpaired) electrons. The van der Waals surface area contributed by atoms with Crippen LogP contribution in [0.1, 0.15) is 24.4 Å². The number of aliphatic hydroxyl groups is 1. The van der Waals surface area contributed by atoms with Crippen LogP contribution in [0, 0.1) is 0 Å². The number of hydrogen-bond donors (Lipinski definition) is 4. The number of halogens is 1. The number of carboxylic acid groups (broad SMARTS) is 1. The Balaban J connectivity index is 1.67. The third-order valence-electron chi connectivity index (χ3n) is 5.86. The normalized spacial score (nSPS) is 23.7. The second-order valence-corrected chi connectivity index (χ2v) is 8.43. The van der Waals surface area contributed by atoms with Crippen molar-refractivity contribution in [1.82, 2.24) is 10.2 Å². The van der Waals surface area contributed by atoms with E-state index in [9.17, 15) is 34.2 Å². The largest absolute Gasteiger partial charge is 0.507 e. The molecule has 0 spiro atoms. The Hall–Kier alpha value is -4.25. The molecular weight excluding hydrogens is 480 g/mol. The molecule has 11 nitrogen and oxygen atoms in total. The smallest absolute Gasteiger partial charge is 0.353 e. The number of β-lactam (4-membered cyclic amide) rings is 1. The summed E-state index contributed by atoms with van der Waals surface area (Å²) in [6, 6.07) is 5.04. The number of rotatable bonds is 6. The van der Waals surface area contributed by atoms with Gasteiger partial charge in [0.2, 0.25) is 11.7 Å². The fourth-order valence-corrected chi connectivity index (χ4v) is 4.51. The average Bonchev–Trinajstić information content (AvgIpc) is 2.82. The second-order valence-electron chi connectivity index (χ2n) is 7.97. The number of aliphatic imine (C=N–C) groups is 1. The summed E-state index contributed by atoms with van der Waals surface area (Å²) < 4.78 is 0. The van der Waals surface area contributed by atoms with Crippen LogP contribution in [0.2, 0.25) is 0 Å². The number of amides is 3. The molecule has 1 aromatic carbocycles. The zero-order valence-corrected chi connectivity index (χ0v) is 18.7. The maximum atomic E-state index is 13.3. The van der Waals surface area contributed by atoms with Crippen LogP contribution in [0.5, 0.6) is 0 Å². The molecule has 4 rings (SSSR count). The fraction of sp³-hybridized carbons (Fsp3) is 0.217. The molecule has 180 valence electrons. The van der Waals surface area contributed by atoms with Gasteiger partial charge in [0, 0.05) is 5.03 Å². The number of nitrogens with two attached hydrogens (primary N) is 1. The number of benzene rings is 1. The highest BCUT2D eigenvalue weighted by Crippen LogP contribution is 2.38. The van der Waals surface area contributed by atoms with E-state index in [1.807, 2.05) is 0 Å². The third kappa shape index (κ3) is 4.21. The molecule has 2 heterocycles. The number of nitrogens with zero attached hydrogens (tertiary/aromatic N) is 2. The summed E-state index contributed by atoms with van der Waals surface area (Å²) >= 11 is 5.99. The van der Waals surface area contributed by atoms with Crippen LogP contribution in [-0.2, 0) is 24.0 Å². The Morgan fingerprint density at radius 2 is 1.86 bits per heavy atom. The minimum atomic E-state index is -1.38. The monoisotopic (exact) mass is 498 g/mol. The van der Waals surface area contributed by atoms with E-state index in [1.54, 1.807) is 30.3 Å². The van der Waals surface area contributed by atoms with Gasteiger partial charge in [-0.3, -0.25) is 29.1 Å². The van der Waals surface area contributed by atoms with Crippen LogP contribution < -0.4 is 11.1 Å². The third-order valence-corrected chi connectivity index (χ3v) is 6.23. The van der Waals surface area contributed by atoms with Gasteiger partial charge in [-0.2, -0.15) is 0 Å². The van der Waals surface area contributed by atoms with Crippen molar-refractivity contribution in [3.8, 4) is 0 Å². The van der Waals surface area contributed by atoms with Crippen molar-refractivity contribution in [2.75, 3.05) is 0 Å². The highest BCUT2D eigenvalue weighted by molar-refractivity contribution is 6.55. The number of hydrogen-bond acceptors (Lipinski definition) is 7. The molecule has 1 aliphatic carbocycles. The number of primary amides is 1. The number of ketones is 1. The molecule has 0 bridgehead atoms. The number of fused-ring (bicyclic) bond motifs is 1. The first kappa shape index (κ1) is 23.9. The quantitative estimate of drug-likeness (QED) is 0.328. The summed E-state index contributed by atoms with van der Waals surface area (Å²) in [5, 5.41) is 22.1. The van der Waals surface area contributed by atoms with Gasteiger partial charge in [0.15, 0.2) is 6.04 Å². The van der Waals surface area contributed by atoms with Gasteiger partial charge >= 0.3 is 5.97 Å². The van der Waals surface area contributed by atoms with E-state index in [1.165, 1.54) is 0 Å². The maximum absolute atomic E-state index is 13.3. The lowest BCUT2D eigenvalue weighted by atomic mass is 9.86. The van der Waals surface area contributed by atoms with Crippen LogP contribution >= 0.6 is 11.6 Å². The first-order valence-electron chi connectivity index (χ1n) is 10.5. The van der Waals surface area contributed by atoms with Crippen LogP contribution in [0.3, 0.4) is 0 Å². The molecule has 3 amide bonds. The van der Waals surface area contributed by atoms with Crippen molar-refractivity contribution in [2.45, 2.75) is 31.0 Å². The summed E-state index contributed by atoms with van der Waals surface area (Å²) in [5.41, 5.74) is 4.31. The summed E-state index contributed by atoms with van der Waals surface area (Å²) in [4.78, 5) is 67.2. The van der Waals surface area contributed by atoms with Gasteiger partial charge in [-0.1, -0.05) is 41.9 Å². The minimum absolute atomic E-state index is 0.0508. The van der Waals surface area contributed by atoms with Crippen molar-refractivity contribution in [1.29, 1.82) is 0 Å². The number of allylic oxidation sites excluding steroid dienone is 3. The number of aliphatic carboxylic acids is 1. The van der Waals surface area contributed by atoms with Crippen molar-refractivity contribution >= 4 is 46.8 Å². The molecule has 12 heteroatoms. The van der Waals surface area contributed by atoms with Gasteiger partial charge in [-0.05, 0) is 30.6 Å². The van der Waals surface area contributed by atoms with Gasteiger partial charge in [0.05, 0.1) is 6.04 Å². The average molecular weight is 499 g/mol. The van der Waals surface area contributed by atoms with Crippen LogP contribution in [0.25, 0.3) is 0 Å². The number of carboxylic acids is 1. The van der Waals surface area contributed by atoms with Crippen LogP contribution in [-0.4, -0.2) is 62.4 Å². The molecule has 2 aliphatic heterocycles. The summed E-state index contributed by atoms with van der Waals surface area (Å²) in [6.07, 6.45) is 2.55. The minimum Gasteiger partial charge on any atom is -0.507 e. The van der Waals surface area contributed by atoms with Crippen molar-refractivity contribution in [3.05, 3.63) is 70.1 Å². The molecule has 0 saturated carbocycles. The molecule has 3 aliphatic rings. The molecule has 3 atom stereocenters. The van der Waals surface area contributed by atoms with Crippen molar-refractivity contribution < 1.29 is 34.2 Å². The standard InChI is InChI=1S/C23H19ClN4O7/c24-11-6-7-12-17(22(33)28(12)19(11)23(34)35)27-21(32)16(10-4-2-1-3-5-10)26-18-14(30)9-8-13(29)15(18)20(25)31/h1-5,8-9,12,16-17,29H,6-7H2,(H2,25,31)(H,27,32)(H,34,35)/t12-,16-,17+/m1/s1. The van der Waals surface area contributed by atoms with E-state index < -0.39 is 64.6 Å². The van der Waals surface area contributed by atoms with E-state index in [0.29, 0.717) is 12.0 Å². The van der Waals surface area contributed by atoms with Crippen molar-refractivity contribution in [2.24, 2.45) is 10.7 Å². The van der Waals surface area contributed by atoms with Crippen LogP contribution in [0.15, 0.2) is 69.5 Å². The highest BCUT2D eigenvalue weighted by atomic mass is 35.5. The van der Waals surface area contributed by atoms with Crippen LogP contribution in [0.4, 0.5) is 0 Å². The number of carbonyl (C=O) groups excluding carboxylic acids is 4. The van der Waals surface area contributed by atoms with Gasteiger partial charge < -0.3 is 21.3 Å². The highest BCUT2D eigenvalue weighted by Gasteiger charge is 2.53. The molecule has 1 saturated heterocycles. The Bertz CT molecular complexity index is 1280. The van der Waals surface area contributed by atoms with Gasteiger partial charge in [-0.15, -0.1) is 0 Å². The second kappa shape index (κ2) is 9.18. The molecule has 0 aromatic heterocycles. The van der Waals surface area contributed by atoms with Crippen molar-refractivity contribution in [3.63, 3.8) is 0 Å². The molecule has 1 aromatic rings. The van der Waals surface area contributed by atoms with E-state index in [0.717, 1.165) is 17.1 Å². The first-order chi connectivity index (χ1) is 16.6. The molecule has 5 N–H and O–H groups in total. The maximum Gasteiger partial charge on any atom is 0.353 e. The summed E-state index contributed by atoms with van der Waals surface area (Å²) in [7, 11) is 0. The zero-order chi connectivity index (χ0) is 25.4. The Morgan fingerprint density at radius 3 is 2.49 bits per heavy atom. The van der Waals surface area contributed by atoms with E-state index in [-0.39, 0.29) is 17.2 Å². The van der Waals surface area contributed by atoms with E-state index in [2.05, 4.69) is 10.3 Å². The predicted molar refractivity (Wildman–Crippen MR) is 122 cm³/mol. The van der Waals surface area contributed by atoms with Gasteiger partial charge in [0.25, 0.3) is 11.8 Å². The predicted octanol–water partition coefficient (Wildman–Crippen LogP) is 0.629. The first-order valence-corrected chi connectivity index (χ1v) is 10.8. The number of carbonyl (C=O) groups is 5. The number of aliphatic hydroxyl groups excluding tert-OH is 1. The Labute approximate surface area is 203 Å². The lowest BCUT2D eigenvalue weighted by Crippen LogP contribution is -2.71. The van der Waals surface area contributed by atoms with E-state index >= 15 is 0 Å². The molecular formula is C23H19ClN4O7. The SMILES string of the molecule is NC(=O)C1=C(O)C=CC(=O)C1=N[C@@H](C(=O)N[C@@H]1C(=O)N2C(C(=O)O)=C(Cl)CC[C@H]12)c1ccccc1. The molecule has 35 heavy (non-hydrogen) atoms. The lowest BCUT2D eigenvalue weighted by molar-refractivity contribution is -0.156. The van der Waals surface area contributed by atoms with Gasteiger partial charge in [0.1, 0.15) is 28.8 Å². The zero-order valence-electron chi connectivity index (χ0n) is 18.0. The van der Waals surface area contributed by atoms with E-state index in [4.69, 9.17) is 17.3 Å². The fourth-order valence-electron chi connectivity index (χ4n) is 4.23.